The van der Waals surface area contributed by atoms with Gasteiger partial charge >= 0.3 is 0 Å². The summed E-state index contributed by atoms with van der Waals surface area (Å²) in [5, 5.41) is 5.39. The first-order chi connectivity index (χ1) is 9.61. The van der Waals surface area contributed by atoms with E-state index in [2.05, 4.69) is 75.8 Å². The first-order valence-electron chi connectivity index (χ1n) is 6.80. The summed E-state index contributed by atoms with van der Waals surface area (Å²) in [6, 6.07) is 11.3. The van der Waals surface area contributed by atoms with Crippen LogP contribution in [0.15, 0.2) is 40.2 Å². The summed E-state index contributed by atoms with van der Waals surface area (Å²) >= 11 is 5.39. The van der Waals surface area contributed by atoms with Crippen molar-refractivity contribution in [3.63, 3.8) is 0 Å². The van der Waals surface area contributed by atoms with Crippen molar-refractivity contribution in [2.24, 2.45) is 0 Å². The summed E-state index contributed by atoms with van der Waals surface area (Å²) in [4.78, 5) is 3.82. The van der Waals surface area contributed by atoms with E-state index in [1.165, 1.54) is 16.1 Å². The van der Waals surface area contributed by atoms with E-state index >= 15 is 0 Å². The lowest BCUT2D eigenvalue weighted by Crippen LogP contribution is -2.31. The highest BCUT2D eigenvalue weighted by atomic mass is 79.9. The fourth-order valence-corrected chi connectivity index (χ4v) is 3.56. The van der Waals surface area contributed by atoms with Gasteiger partial charge in [-0.25, -0.2) is 0 Å². The van der Waals surface area contributed by atoms with Gasteiger partial charge in [-0.05, 0) is 49.2 Å². The van der Waals surface area contributed by atoms with Crippen molar-refractivity contribution in [3.05, 3.63) is 50.6 Å². The Morgan fingerprint density at radius 2 is 2.15 bits per heavy atom. The van der Waals surface area contributed by atoms with Crippen LogP contribution in [0.4, 0.5) is 5.69 Å². The molecule has 4 heteroatoms. The molecule has 0 fully saturated rings. The van der Waals surface area contributed by atoms with E-state index in [4.69, 9.17) is 0 Å². The molecule has 1 heterocycles. The van der Waals surface area contributed by atoms with E-state index in [0.29, 0.717) is 6.04 Å². The van der Waals surface area contributed by atoms with Crippen LogP contribution in [-0.4, -0.2) is 20.1 Å². The van der Waals surface area contributed by atoms with Crippen LogP contribution in [0.3, 0.4) is 0 Å². The van der Waals surface area contributed by atoms with Crippen LogP contribution >= 0.6 is 27.3 Å². The van der Waals surface area contributed by atoms with Gasteiger partial charge in [0.15, 0.2) is 0 Å². The zero-order chi connectivity index (χ0) is 14.5. The van der Waals surface area contributed by atoms with E-state index in [1.54, 1.807) is 0 Å². The number of halogens is 1. The molecule has 2 rings (SSSR count). The Labute approximate surface area is 133 Å². The molecule has 0 aliphatic carbocycles. The number of nitrogens with one attached hydrogen (secondary N) is 1. The number of nitrogens with zero attached hydrogens (tertiary/aromatic N) is 1. The summed E-state index contributed by atoms with van der Waals surface area (Å²) in [5.74, 6) is 0. The van der Waals surface area contributed by atoms with Crippen molar-refractivity contribution in [1.29, 1.82) is 0 Å². The van der Waals surface area contributed by atoms with Gasteiger partial charge in [0, 0.05) is 41.1 Å². The van der Waals surface area contributed by atoms with Gasteiger partial charge in [0.2, 0.25) is 0 Å². The SMILES string of the molecule is CNCc1cc(Br)ccc1N(C)C(C)Cc1cccs1. The topological polar surface area (TPSA) is 15.3 Å². The Hall–Kier alpha value is -0.840. The minimum absolute atomic E-state index is 0.477. The molecule has 1 aromatic heterocycles. The van der Waals surface area contributed by atoms with Gasteiger partial charge in [0.05, 0.1) is 0 Å². The molecule has 0 amide bonds. The minimum atomic E-state index is 0.477. The van der Waals surface area contributed by atoms with Crippen molar-refractivity contribution >= 4 is 33.0 Å². The summed E-state index contributed by atoms with van der Waals surface area (Å²) in [6.07, 6.45) is 1.09. The van der Waals surface area contributed by atoms with Gasteiger partial charge in [0.1, 0.15) is 0 Å². The number of thiophene rings is 1. The second-order valence-electron chi connectivity index (χ2n) is 5.05. The highest BCUT2D eigenvalue weighted by molar-refractivity contribution is 9.10. The molecule has 2 nitrogen and oxygen atoms in total. The van der Waals surface area contributed by atoms with Gasteiger partial charge in [-0.1, -0.05) is 22.0 Å². The first kappa shape index (κ1) is 15.5. The fraction of sp³-hybridized carbons (Fsp3) is 0.375. The van der Waals surface area contributed by atoms with Gasteiger partial charge in [-0.3, -0.25) is 0 Å². The molecule has 1 atom stereocenters. The van der Waals surface area contributed by atoms with Gasteiger partial charge < -0.3 is 10.2 Å². The van der Waals surface area contributed by atoms with Crippen LogP contribution in [0.1, 0.15) is 17.4 Å². The van der Waals surface area contributed by atoms with Crippen LogP contribution in [0.5, 0.6) is 0 Å². The molecular formula is C16H21BrN2S. The third-order valence-electron chi connectivity index (χ3n) is 3.53. The van der Waals surface area contributed by atoms with Crippen molar-refractivity contribution in [3.8, 4) is 0 Å². The van der Waals surface area contributed by atoms with Crippen molar-refractivity contribution in [1.82, 2.24) is 5.32 Å². The first-order valence-corrected chi connectivity index (χ1v) is 8.47. The van der Waals surface area contributed by atoms with E-state index in [-0.39, 0.29) is 0 Å². The highest BCUT2D eigenvalue weighted by Gasteiger charge is 2.14. The number of likely N-dealkylation sites (N-methyl/N-ethyl adjacent to an activating group) is 1. The standard InChI is InChI=1S/C16H21BrN2S/c1-12(9-15-5-4-8-20-15)19(3)16-7-6-14(17)10-13(16)11-18-2/h4-8,10,12,18H,9,11H2,1-3H3. The number of hydrogen-bond donors (Lipinski definition) is 1. The number of benzene rings is 1. The summed E-state index contributed by atoms with van der Waals surface area (Å²) < 4.78 is 1.13. The Bertz CT molecular complexity index is 539. The number of hydrogen-bond acceptors (Lipinski definition) is 3. The van der Waals surface area contributed by atoms with Gasteiger partial charge in [0.25, 0.3) is 0 Å². The average molecular weight is 353 g/mol. The predicted molar refractivity (Wildman–Crippen MR) is 92.8 cm³/mol. The van der Waals surface area contributed by atoms with Crippen molar-refractivity contribution in [2.75, 3.05) is 19.0 Å². The Kier molecular flexibility index (Phi) is 5.64. The molecule has 0 spiro atoms. The molecule has 2 aromatic rings. The average Bonchev–Trinajstić information content (AvgIpc) is 2.91. The fourth-order valence-electron chi connectivity index (χ4n) is 2.32. The monoisotopic (exact) mass is 352 g/mol. The summed E-state index contributed by atoms with van der Waals surface area (Å²) in [5.41, 5.74) is 2.62. The van der Waals surface area contributed by atoms with Crippen LogP contribution in [-0.2, 0) is 13.0 Å². The molecule has 1 N–H and O–H groups in total. The third kappa shape index (κ3) is 3.84. The molecule has 0 aliphatic heterocycles. The van der Waals surface area contributed by atoms with Crippen molar-refractivity contribution < 1.29 is 0 Å². The van der Waals surface area contributed by atoms with E-state index in [0.717, 1.165) is 17.4 Å². The maximum Gasteiger partial charge on any atom is 0.0412 e. The Morgan fingerprint density at radius 3 is 2.80 bits per heavy atom. The largest absolute Gasteiger partial charge is 0.371 e. The van der Waals surface area contributed by atoms with Crippen LogP contribution in [0, 0.1) is 0 Å². The van der Waals surface area contributed by atoms with E-state index in [1.807, 2.05) is 18.4 Å². The van der Waals surface area contributed by atoms with Crippen LogP contribution in [0.2, 0.25) is 0 Å². The van der Waals surface area contributed by atoms with Crippen molar-refractivity contribution in [2.45, 2.75) is 25.9 Å². The quantitative estimate of drug-likeness (QED) is 0.833. The zero-order valence-corrected chi connectivity index (χ0v) is 14.6. The minimum Gasteiger partial charge on any atom is -0.371 e. The molecule has 0 radical (unpaired) electrons. The van der Waals surface area contributed by atoms with Crippen LogP contribution in [0.25, 0.3) is 0 Å². The third-order valence-corrected chi connectivity index (χ3v) is 4.92. The molecule has 20 heavy (non-hydrogen) atoms. The zero-order valence-electron chi connectivity index (χ0n) is 12.2. The highest BCUT2D eigenvalue weighted by Crippen LogP contribution is 2.26. The van der Waals surface area contributed by atoms with Gasteiger partial charge in [-0.15, -0.1) is 11.3 Å². The number of rotatable bonds is 6. The Balaban J connectivity index is 2.17. The van der Waals surface area contributed by atoms with Gasteiger partial charge in [-0.2, -0.15) is 0 Å². The number of anilines is 1. The maximum atomic E-state index is 3.56. The maximum absolute atomic E-state index is 3.56. The molecule has 1 aromatic carbocycles. The second kappa shape index (κ2) is 7.25. The lowest BCUT2D eigenvalue weighted by Gasteiger charge is -2.29. The van der Waals surface area contributed by atoms with E-state index < -0.39 is 0 Å². The smallest absolute Gasteiger partial charge is 0.0412 e. The molecule has 1 unspecified atom stereocenters. The lowest BCUT2D eigenvalue weighted by atomic mass is 10.1. The molecule has 0 saturated carbocycles. The Morgan fingerprint density at radius 1 is 1.35 bits per heavy atom. The normalized spacial score (nSPS) is 12.4. The lowest BCUT2D eigenvalue weighted by molar-refractivity contribution is 0.681. The molecule has 0 saturated heterocycles. The van der Waals surface area contributed by atoms with Crippen LogP contribution < -0.4 is 10.2 Å². The molecule has 0 bridgehead atoms. The molecule has 108 valence electrons. The summed E-state index contributed by atoms with van der Waals surface area (Å²) in [6.45, 7) is 3.16. The second-order valence-corrected chi connectivity index (χ2v) is 6.99. The molecule has 0 aliphatic rings. The summed E-state index contributed by atoms with van der Waals surface area (Å²) in [7, 11) is 4.17. The molecular weight excluding hydrogens is 332 g/mol. The predicted octanol–water partition coefficient (Wildman–Crippen LogP) is 4.30. The van der Waals surface area contributed by atoms with E-state index in [9.17, 15) is 0 Å².